The molecule has 1 amide bonds. The van der Waals surface area contributed by atoms with E-state index in [4.69, 9.17) is 9.47 Å². The lowest BCUT2D eigenvalue weighted by Crippen LogP contribution is -2.20. The second-order valence-electron chi connectivity index (χ2n) is 5.52. The lowest BCUT2D eigenvalue weighted by atomic mass is 10.2. The topological polar surface area (TPSA) is 104 Å². The number of carbonyl (C=O) groups excluding carboxylic acids is 1. The summed E-state index contributed by atoms with van der Waals surface area (Å²) in [5, 5.41) is 16.1. The van der Waals surface area contributed by atoms with Gasteiger partial charge in [-0.2, -0.15) is 9.78 Å². The second kappa shape index (κ2) is 8.40. The molecule has 1 aliphatic heterocycles. The number of benzene rings is 2. The average molecular weight is 461 g/mol. The number of ether oxygens (including phenoxy) is 2. The molecular weight excluding hydrogens is 448 g/mol. The molecule has 0 unspecified atom stereocenters. The zero-order chi connectivity index (χ0) is 19.3. The molecule has 0 fully saturated rings. The highest BCUT2D eigenvalue weighted by atomic mass is 79.9. The van der Waals surface area contributed by atoms with Crippen LogP contribution in [0.25, 0.3) is 5.69 Å². The van der Waals surface area contributed by atoms with Crippen molar-refractivity contribution >= 4 is 39.8 Å². The lowest BCUT2D eigenvalue weighted by Gasteiger charge is -2.04. The quantitative estimate of drug-likeness (QED) is 0.342. The third-order valence-electron chi connectivity index (χ3n) is 3.66. The molecule has 0 saturated carbocycles. The third kappa shape index (κ3) is 4.15. The minimum absolute atomic E-state index is 0.118. The standard InChI is InChI=1S/C17H13BrN6O3S/c18-13-7-15-14(26-10-27-15)6-11(13)8-19-20-16(25)9-28-17-21-22-23-24(17)12-4-2-1-3-5-12/h1-8H,9-10H2,(H,20,25)/b19-8+. The van der Waals surface area contributed by atoms with E-state index in [0.29, 0.717) is 16.7 Å². The predicted molar refractivity (Wildman–Crippen MR) is 106 cm³/mol. The molecule has 11 heteroatoms. The van der Waals surface area contributed by atoms with E-state index in [1.165, 1.54) is 18.0 Å². The number of tetrazole rings is 1. The minimum Gasteiger partial charge on any atom is -0.454 e. The van der Waals surface area contributed by atoms with Crippen LogP contribution in [0, 0.1) is 0 Å². The van der Waals surface area contributed by atoms with Crippen LogP contribution in [0.3, 0.4) is 0 Å². The molecular formula is C17H13BrN6O3S. The van der Waals surface area contributed by atoms with E-state index in [0.717, 1.165) is 15.7 Å². The normalized spacial score (nSPS) is 12.5. The first-order chi connectivity index (χ1) is 13.7. The summed E-state index contributed by atoms with van der Waals surface area (Å²) in [6.07, 6.45) is 1.53. The van der Waals surface area contributed by atoms with Crippen molar-refractivity contribution < 1.29 is 14.3 Å². The van der Waals surface area contributed by atoms with Crippen molar-refractivity contribution in [2.75, 3.05) is 12.5 Å². The highest BCUT2D eigenvalue weighted by Crippen LogP contribution is 2.36. The number of rotatable bonds is 6. The van der Waals surface area contributed by atoms with Gasteiger partial charge < -0.3 is 9.47 Å². The molecule has 1 aromatic heterocycles. The molecule has 2 heterocycles. The number of thioether (sulfide) groups is 1. The van der Waals surface area contributed by atoms with Crippen molar-refractivity contribution in [3.63, 3.8) is 0 Å². The average Bonchev–Trinajstić information content (AvgIpc) is 3.36. The number of para-hydroxylation sites is 1. The molecule has 0 aliphatic carbocycles. The summed E-state index contributed by atoms with van der Waals surface area (Å²) in [4.78, 5) is 12.1. The van der Waals surface area contributed by atoms with Gasteiger partial charge in [-0.1, -0.05) is 30.0 Å². The number of carbonyl (C=O) groups is 1. The monoisotopic (exact) mass is 460 g/mol. The molecule has 9 nitrogen and oxygen atoms in total. The molecule has 1 N–H and O–H groups in total. The Morgan fingerprint density at radius 3 is 2.89 bits per heavy atom. The molecule has 1 aliphatic rings. The predicted octanol–water partition coefficient (Wildman–Crippen LogP) is 2.40. The Kier molecular flexibility index (Phi) is 5.53. The van der Waals surface area contributed by atoms with Crippen LogP contribution in [0.2, 0.25) is 0 Å². The van der Waals surface area contributed by atoms with Crippen LogP contribution < -0.4 is 14.9 Å². The maximum Gasteiger partial charge on any atom is 0.250 e. The van der Waals surface area contributed by atoms with Crippen molar-refractivity contribution in [2.45, 2.75) is 5.16 Å². The van der Waals surface area contributed by atoms with E-state index < -0.39 is 0 Å². The van der Waals surface area contributed by atoms with Crippen LogP contribution in [0.5, 0.6) is 11.5 Å². The van der Waals surface area contributed by atoms with Crippen molar-refractivity contribution in [1.82, 2.24) is 25.6 Å². The van der Waals surface area contributed by atoms with Gasteiger partial charge >= 0.3 is 0 Å². The molecule has 3 aromatic rings. The molecule has 0 saturated heterocycles. The van der Waals surface area contributed by atoms with Gasteiger partial charge in [-0.05, 0) is 50.6 Å². The number of aromatic nitrogens is 4. The van der Waals surface area contributed by atoms with Crippen LogP contribution in [-0.2, 0) is 4.79 Å². The Hall–Kier alpha value is -2.92. The summed E-state index contributed by atoms with van der Waals surface area (Å²) in [6.45, 7) is 0.193. The number of fused-ring (bicyclic) bond motifs is 1. The van der Waals surface area contributed by atoms with Gasteiger partial charge in [-0.3, -0.25) is 4.79 Å². The molecule has 0 atom stereocenters. The van der Waals surface area contributed by atoms with Gasteiger partial charge in [0, 0.05) is 10.0 Å². The summed E-state index contributed by atoms with van der Waals surface area (Å²) in [6, 6.07) is 13.0. The zero-order valence-electron chi connectivity index (χ0n) is 14.3. The number of hydrazone groups is 1. The number of hydrogen-bond donors (Lipinski definition) is 1. The highest BCUT2D eigenvalue weighted by molar-refractivity contribution is 9.10. The fourth-order valence-electron chi connectivity index (χ4n) is 2.37. The van der Waals surface area contributed by atoms with Gasteiger partial charge in [0.15, 0.2) is 11.5 Å². The first kappa shape index (κ1) is 18.4. The van der Waals surface area contributed by atoms with E-state index in [2.05, 4.69) is 42.0 Å². The third-order valence-corrected chi connectivity index (χ3v) is 5.26. The van der Waals surface area contributed by atoms with E-state index in [9.17, 15) is 4.79 Å². The number of nitrogens with one attached hydrogen (secondary N) is 1. The Labute approximate surface area is 172 Å². The summed E-state index contributed by atoms with van der Waals surface area (Å²) < 4.78 is 13.0. The second-order valence-corrected chi connectivity index (χ2v) is 7.31. The van der Waals surface area contributed by atoms with Crippen LogP contribution in [0.1, 0.15) is 5.56 Å². The highest BCUT2D eigenvalue weighted by Gasteiger charge is 2.15. The number of halogens is 1. The Morgan fingerprint density at radius 2 is 2.07 bits per heavy atom. The van der Waals surface area contributed by atoms with Gasteiger partial charge in [0.05, 0.1) is 17.7 Å². The number of amides is 1. The van der Waals surface area contributed by atoms with E-state index >= 15 is 0 Å². The maximum atomic E-state index is 12.1. The van der Waals surface area contributed by atoms with Crippen molar-refractivity contribution in [1.29, 1.82) is 0 Å². The molecule has 2 aromatic carbocycles. The van der Waals surface area contributed by atoms with Crippen molar-refractivity contribution in [3.05, 3.63) is 52.5 Å². The van der Waals surface area contributed by atoms with Gasteiger partial charge in [0.25, 0.3) is 5.91 Å². The summed E-state index contributed by atoms with van der Waals surface area (Å²) in [5.41, 5.74) is 4.06. The van der Waals surface area contributed by atoms with Crippen molar-refractivity contribution in [2.24, 2.45) is 5.10 Å². The largest absolute Gasteiger partial charge is 0.454 e. The number of nitrogens with zero attached hydrogens (tertiary/aromatic N) is 5. The lowest BCUT2D eigenvalue weighted by molar-refractivity contribution is -0.118. The first-order valence-corrected chi connectivity index (χ1v) is 9.86. The van der Waals surface area contributed by atoms with E-state index in [-0.39, 0.29) is 18.5 Å². The van der Waals surface area contributed by atoms with Gasteiger partial charge in [0.2, 0.25) is 11.9 Å². The summed E-state index contributed by atoms with van der Waals surface area (Å²) in [7, 11) is 0. The molecule has 0 bridgehead atoms. The van der Waals surface area contributed by atoms with Crippen LogP contribution in [0.4, 0.5) is 0 Å². The Balaban J connectivity index is 1.34. The van der Waals surface area contributed by atoms with Gasteiger partial charge in [-0.25, -0.2) is 5.43 Å². The van der Waals surface area contributed by atoms with Gasteiger partial charge in [0.1, 0.15) is 0 Å². The molecule has 0 spiro atoms. The van der Waals surface area contributed by atoms with E-state index in [1.807, 2.05) is 30.3 Å². The molecule has 0 radical (unpaired) electrons. The Morgan fingerprint density at radius 1 is 1.29 bits per heavy atom. The zero-order valence-corrected chi connectivity index (χ0v) is 16.7. The Bertz CT molecular complexity index is 1030. The fourth-order valence-corrected chi connectivity index (χ4v) is 3.48. The first-order valence-electron chi connectivity index (χ1n) is 8.08. The van der Waals surface area contributed by atoms with Crippen LogP contribution in [0.15, 0.2) is 57.2 Å². The summed E-state index contributed by atoms with van der Waals surface area (Å²) >= 11 is 4.65. The van der Waals surface area contributed by atoms with Crippen molar-refractivity contribution in [3.8, 4) is 17.2 Å². The van der Waals surface area contributed by atoms with E-state index in [1.54, 1.807) is 16.8 Å². The van der Waals surface area contributed by atoms with Crippen LogP contribution in [-0.4, -0.2) is 44.9 Å². The molecule has 4 rings (SSSR count). The minimum atomic E-state index is -0.277. The summed E-state index contributed by atoms with van der Waals surface area (Å²) in [5.74, 6) is 1.15. The SMILES string of the molecule is O=C(CSc1nnnn1-c1ccccc1)N/N=C/c1cc2c(cc1Br)OCO2. The number of hydrogen-bond acceptors (Lipinski definition) is 8. The van der Waals surface area contributed by atoms with Crippen LogP contribution >= 0.6 is 27.7 Å². The smallest absolute Gasteiger partial charge is 0.250 e. The fraction of sp³-hybridized carbons (Fsp3) is 0.118. The van der Waals surface area contributed by atoms with Gasteiger partial charge in [-0.15, -0.1) is 5.10 Å². The maximum absolute atomic E-state index is 12.1. The molecule has 28 heavy (non-hydrogen) atoms. The molecule has 142 valence electrons.